The Kier molecular flexibility index (Phi) is 3.66. The van der Waals surface area contributed by atoms with E-state index < -0.39 is 0 Å². The first-order chi connectivity index (χ1) is 8.97. The van der Waals surface area contributed by atoms with Crippen molar-refractivity contribution in [2.75, 3.05) is 11.1 Å². The number of nitrogens with two attached hydrogens (primary N) is 1. The van der Waals surface area contributed by atoms with E-state index in [0.29, 0.717) is 33.3 Å². The molecule has 0 fully saturated rings. The summed E-state index contributed by atoms with van der Waals surface area (Å²) in [5, 5.41) is 11.0. The molecule has 0 saturated heterocycles. The largest absolute Gasteiger partial charge is 0.397 e. The number of anilines is 2. The number of hydrogen-bond acceptors (Lipinski definition) is 4. The van der Waals surface area contributed by atoms with E-state index in [0.717, 1.165) is 0 Å². The highest BCUT2D eigenvalue weighted by Gasteiger charge is 2.12. The standard InChI is InChI=1S/C13H13ClN4O/c1-7-5-10(8(2)18-17-7)13(19)16-12-6-9(14)3-4-11(12)15/h3-6H,15H2,1-2H3,(H,16,19). The monoisotopic (exact) mass is 276 g/mol. The third-order valence-electron chi connectivity index (χ3n) is 2.61. The van der Waals surface area contributed by atoms with Crippen molar-refractivity contribution in [1.82, 2.24) is 10.2 Å². The van der Waals surface area contributed by atoms with Crippen LogP contribution >= 0.6 is 11.6 Å². The Morgan fingerprint density at radius 1 is 1.26 bits per heavy atom. The maximum absolute atomic E-state index is 12.2. The topological polar surface area (TPSA) is 80.9 Å². The normalized spacial score (nSPS) is 10.3. The Balaban J connectivity index is 2.30. The molecule has 98 valence electrons. The molecule has 0 aliphatic rings. The maximum atomic E-state index is 12.2. The molecular weight excluding hydrogens is 264 g/mol. The second-order valence-corrected chi connectivity index (χ2v) is 4.61. The minimum atomic E-state index is -0.288. The molecule has 0 saturated carbocycles. The summed E-state index contributed by atoms with van der Waals surface area (Å²) in [4.78, 5) is 12.2. The van der Waals surface area contributed by atoms with E-state index in [1.54, 1.807) is 38.1 Å². The zero-order valence-electron chi connectivity index (χ0n) is 10.6. The highest BCUT2D eigenvalue weighted by atomic mass is 35.5. The van der Waals surface area contributed by atoms with Gasteiger partial charge < -0.3 is 11.1 Å². The number of aromatic nitrogens is 2. The molecule has 0 spiro atoms. The van der Waals surface area contributed by atoms with Gasteiger partial charge in [-0.25, -0.2) is 0 Å². The first kappa shape index (κ1) is 13.3. The van der Waals surface area contributed by atoms with Crippen molar-refractivity contribution in [3.8, 4) is 0 Å². The third kappa shape index (κ3) is 3.00. The smallest absolute Gasteiger partial charge is 0.257 e. The molecule has 0 radical (unpaired) electrons. The SMILES string of the molecule is Cc1cc(C(=O)Nc2cc(Cl)ccc2N)c(C)nn1. The van der Waals surface area contributed by atoms with E-state index in [1.165, 1.54) is 0 Å². The van der Waals surface area contributed by atoms with Gasteiger partial charge >= 0.3 is 0 Å². The second-order valence-electron chi connectivity index (χ2n) is 4.17. The van der Waals surface area contributed by atoms with Gasteiger partial charge in [-0.1, -0.05) is 11.6 Å². The van der Waals surface area contributed by atoms with Gasteiger partial charge in [0.05, 0.1) is 28.3 Å². The summed E-state index contributed by atoms with van der Waals surface area (Å²) in [5.41, 5.74) is 8.41. The third-order valence-corrected chi connectivity index (χ3v) is 2.84. The van der Waals surface area contributed by atoms with Crippen LogP contribution in [0.2, 0.25) is 5.02 Å². The first-order valence-electron chi connectivity index (χ1n) is 5.64. The van der Waals surface area contributed by atoms with Gasteiger partial charge in [0.2, 0.25) is 0 Å². The van der Waals surface area contributed by atoms with Crippen molar-refractivity contribution < 1.29 is 4.79 Å². The second kappa shape index (κ2) is 5.24. The highest BCUT2D eigenvalue weighted by molar-refractivity contribution is 6.31. The lowest BCUT2D eigenvalue weighted by atomic mass is 10.1. The Hall–Kier alpha value is -2.14. The quantitative estimate of drug-likeness (QED) is 0.826. The van der Waals surface area contributed by atoms with E-state index in [-0.39, 0.29) is 5.91 Å². The minimum Gasteiger partial charge on any atom is -0.397 e. The van der Waals surface area contributed by atoms with Crippen LogP contribution in [0.5, 0.6) is 0 Å². The van der Waals surface area contributed by atoms with Crippen LogP contribution < -0.4 is 11.1 Å². The molecular formula is C13H13ClN4O. The van der Waals surface area contributed by atoms with Crippen molar-refractivity contribution in [1.29, 1.82) is 0 Å². The fourth-order valence-electron chi connectivity index (χ4n) is 1.61. The van der Waals surface area contributed by atoms with Crippen LogP contribution in [0.25, 0.3) is 0 Å². The maximum Gasteiger partial charge on any atom is 0.257 e. The Bertz CT molecular complexity index is 643. The van der Waals surface area contributed by atoms with Gasteiger partial charge in [-0.05, 0) is 38.1 Å². The molecule has 2 aromatic rings. The average molecular weight is 277 g/mol. The van der Waals surface area contributed by atoms with Gasteiger partial charge in [0.1, 0.15) is 0 Å². The molecule has 1 aromatic heterocycles. The number of aryl methyl sites for hydroxylation is 2. The molecule has 19 heavy (non-hydrogen) atoms. The van der Waals surface area contributed by atoms with E-state index >= 15 is 0 Å². The predicted octanol–water partition coefficient (Wildman–Crippen LogP) is 2.58. The number of carbonyl (C=O) groups is 1. The van der Waals surface area contributed by atoms with Crippen LogP contribution in [0.15, 0.2) is 24.3 Å². The molecule has 3 N–H and O–H groups in total. The molecule has 2 rings (SSSR count). The summed E-state index contributed by atoms with van der Waals surface area (Å²) in [7, 11) is 0. The number of nitrogen functional groups attached to an aromatic ring is 1. The molecule has 6 heteroatoms. The number of amides is 1. The summed E-state index contributed by atoms with van der Waals surface area (Å²) < 4.78 is 0. The number of nitrogens with zero attached hydrogens (tertiary/aromatic N) is 2. The summed E-state index contributed by atoms with van der Waals surface area (Å²) in [6, 6.07) is 6.58. The predicted molar refractivity (Wildman–Crippen MR) is 75.3 cm³/mol. The van der Waals surface area contributed by atoms with Crippen molar-refractivity contribution in [2.45, 2.75) is 13.8 Å². The Morgan fingerprint density at radius 2 is 2.00 bits per heavy atom. The first-order valence-corrected chi connectivity index (χ1v) is 6.02. The molecule has 1 amide bonds. The Labute approximate surface area is 115 Å². The minimum absolute atomic E-state index is 0.288. The van der Waals surface area contributed by atoms with Crippen LogP contribution in [0.1, 0.15) is 21.7 Å². The van der Waals surface area contributed by atoms with Gasteiger partial charge in [-0.2, -0.15) is 10.2 Å². The molecule has 1 aromatic carbocycles. The number of benzene rings is 1. The van der Waals surface area contributed by atoms with E-state index in [1.807, 2.05) is 0 Å². The number of hydrogen-bond donors (Lipinski definition) is 2. The van der Waals surface area contributed by atoms with Crippen molar-refractivity contribution >= 4 is 28.9 Å². The lowest BCUT2D eigenvalue weighted by Gasteiger charge is -2.10. The van der Waals surface area contributed by atoms with Gasteiger partial charge in [-0.3, -0.25) is 4.79 Å². The average Bonchev–Trinajstić information content (AvgIpc) is 2.36. The Morgan fingerprint density at radius 3 is 2.74 bits per heavy atom. The van der Waals surface area contributed by atoms with Crippen LogP contribution in [0.3, 0.4) is 0 Å². The zero-order chi connectivity index (χ0) is 14.0. The van der Waals surface area contributed by atoms with Gasteiger partial charge in [0.15, 0.2) is 0 Å². The van der Waals surface area contributed by atoms with Crippen LogP contribution in [0.4, 0.5) is 11.4 Å². The molecule has 0 bridgehead atoms. The van der Waals surface area contributed by atoms with Gasteiger partial charge in [-0.15, -0.1) is 0 Å². The van der Waals surface area contributed by atoms with Gasteiger partial charge in [0, 0.05) is 5.02 Å². The van der Waals surface area contributed by atoms with Crippen molar-refractivity contribution in [3.05, 3.63) is 46.2 Å². The number of rotatable bonds is 2. The molecule has 0 atom stereocenters. The zero-order valence-corrected chi connectivity index (χ0v) is 11.3. The summed E-state index contributed by atoms with van der Waals surface area (Å²) in [6.07, 6.45) is 0. The fraction of sp³-hybridized carbons (Fsp3) is 0.154. The lowest BCUT2D eigenvalue weighted by molar-refractivity contribution is 0.102. The molecule has 5 nitrogen and oxygen atoms in total. The van der Waals surface area contributed by atoms with E-state index in [4.69, 9.17) is 17.3 Å². The number of halogens is 1. The highest BCUT2D eigenvalue weighted by Crippen LogP contribution is 2.23. The van der Waals surface area contributed by atoms with Crippen molar-refractivity contribution in [3.63, 3.8) is 0 Å². The molecule has 0 unspecified atom stereocenters. The lowest BCUT2D eigenvalue weighted by Crippen LogP contribution is -2.16. The van der Waals surface area contributed by atoms with Crippen molar-refractivity contribution in [2.24, 2.45) is 0 Å². The van der Waals surface area contributed by atoms with Crippen LogP contribution in [-0.2, 0) is 0 Å². The van der Waals surface area contributed by atoms with Crippen LogP contribution in [0, 0.1) is 13.8 Å². The number of nitrogens with one attached hydrogen (secondary N) is 1. The van der Waals surface area contributed by atoms with Crippen LogP contribution in [-0.4, -0.2) is 16.1 Å². The van der Waals surface area contributed by atoms with E-state index in [9.17, 15) is 4.79 Å². The molecule has 0 aliphatic heterocycles. The van der Waals surface area contributed by atoms with Gasteiger partial charge in [0.25, 0.3) is 5.91 Å². The summed E-state index contributed by atoms with van der Waals surface area (Å²) in [6.45, 7) is 3.50. The van der Waals surface area contributed by atoms with E-state index in [2.05, 4.69) is 15.5 Å². The molecule has 1 heterocycles. The summed E-state index contributed by atoms with van der Waals surface area (Å²) in [5.74, 6) is -0.288. The summed E-state index contributed by atoms with van der Waals surface area (Å²) >= 11 is 5.87. The fourth-order valence-corrected chi connectivity index (χ4v) is 1.78. The number of carbonyl (C=O) groups excluding carboxylic acids is 1. The molecule has 0 aliphatic carbocycles.